The molecule has 0 aliphatic carbocycles. The van der Waals surface area contributed by atoms with Crippen LogP contribution in [0.4, 0.5) is 4.79 Å². The number of nitrogens with one attached hydrogen (secondary N) is 1. The number of thioether (sulfide) groups is 1. The zero-order valence-electron chi connectivity index (χ0n) is 14.0. The number of carbonyl (C=O) groups excluding carboxylic acids is 2. The van der Waals surface area contributed by atoms with Crippen LogP contribution in [0.5, 0.6) is 0 Å². The zero-order valence-corrected chi connectivity index (χ0v) is 14.8. The van der Waals surface area contributed by atoms with Gasteiger partial charge in [0.15, 0.2) is 0 Å². The number of ether oxygens (including phenoxy) is 1. The predicted octanol–water partition coefficient (Wildman–Crippen LogP) is 1.57. The third-order valence-electron chi connectivity index (χ3n) is 3.26. The van der Waals surface area contributed by atoms with E-state index in [1.54, 1.807) is 25.7 Å². The van der Waals surface area contributed by atoms with E-state index in [9.17, 15) is 14.4 Å². The fraction of sp³-hybridized carbons (Fsp3) is 0.800. The van der Waals surface area contributed by atoms with Crippen molar-refractivity contribution < 1.29 is 24.2 Å². The molecule has 0 bridgehead atoms. The minimum atomic E-state index is -0.836. The van der Waals surface area contributed by atoms with E-state index >= 15 is 0 Å². The van der Waals surface area contributed by atoms with Gasteiger partial charge in [-0.3, -0.25) is 9.59 Å². The molecule has 1 fully saturated rings. The largest absolute Gasteiger partial charge is 0.481 e. The van der Waals surface area contributed by atoms with E-state index in [1.165, 1.54) is 11.8 Å². The molecule has 0 saturated carbocycles. The van der Waals surface area contributed by atoms with Gasteiger partial charge in [-0.2, -0.15) is 11.8 Å². The van der Waals surface area contributed by atoms with E-state index < -0.39 is 23.6 Å². The summed E-state index contributed by atoms with van der Waals surface area (Å²) in [5, 5.41) is 11.7. The molecule has 0 aromatic heterocycles. The highest BCUT2D eigenvalue weighted by atomic mass is 32.2. The van der Waals surface area contributed by atoms with Crippen molar-refractivity contribution in [1.29, 1.82) is 0 Å². The molecule has 1 rings (SSSR count). The monoisotopic (exact) mass is 346 g/mol. The summed E-state index contributed by atoms with van der Waals surface area (Å²) in [5.74, 6) is -0.440. The molecule has 1 aliphatic rings. The average Bonchev–Trinajstić information content (AvgIpc) is 2.45. The lowest BCUT2D eigenvalue weighted by molar-refractivity contribution is -0.145. The predicted molar refractivity (Wildman–Crippen MR) is 88.5 cm³/mol. The van der Waals surface area contributed by atoms with E-state index in [1.807, 2.05) is 0 Å². The number of likely N-dealkylation sites (tertiary alicyclic amines) is 1. The van der Waals surface area contributed by atoms with Gasteiger partial charge in [0, 0.05) is 25.4 Å². The van der Waals surface area contributed by atoms with Crippen LogP contribution >= 0.6 is 11.8 Å². The Morgan fingerprint density at radius 1 is 1.35 bits per heavy atom. The molecule has 7 nitrogen and oxygen atoms in total. The Balaban J connectivity index is 2.17. The number of carboxylic acids is 1. The van der Waals surface area contributed by atoms with Crippen molar-refractivity contribution in [3.05, 3.63) is 0 Å². The van der Waals surface area contributed by atoms with Crippen LogP contribution in [0.2, 0.25) is 0 Å². The van der Waals surface area contributed by atoms with E-state index in [2.05, 4.69) is 5.32 Å². The highest BCUT2D eigenvalue weighted by Gasteiger charge is 2.27. The van der Waals surface area contributed by atoms with Gasteiger partial charge in [0.25, 0.3) is 0 Å². The molecule has 23 heavy (non-hydrogen) atoms. The minimum Gasteiger partial charge on any atom is -0.481 e. The number of piperidine rings is 1. The Kier molecular flexibility index (Phi) is 7.67. The zero-order chi connectivity index (χ0) is 17.5. The van der Waals surface area contributed by atoms with Crippen molar-refractivity contribution in [3.8, 4) is 0 Å². The van der Waals surface area contributed by atoms with Crippen LogP contribution in [0.3, 0.4) is 0 Å². The molecular weight excluding hydrogens is 320 g/mol. The quantitative estimate of drug-likeness (QED) is 0.709. The SMILES string of the molecule is CC(C)(C)OC(=O)NCCSCC(=O)N1CCCC(C(=O)O)C1. The molecule has 1 saturated heterocycles. The van der Waals surface area contributed by atoms with E-state index in [-0.39, 0.29) is 5.91 Å². The third kappa shape index (κ3) is 8.11. The molecule has 2 N–H and O–H groups in total. The molecule has 1 atom stereocenters. The maximum atomic E-state index is 12.1. The fourth-order valence-electron chi connectivity index (χ4n) is 2.20. The number of carboxylic acid groups (broad SMARTS) is 1. The van der Waals surface area contributed by atoms with Gasteiger partial charge in [-0.05, 0) is 33.6 Å². The van der Waals surface area contributed by atoms with Crippen LogP contribution in [0.1, 0.15) is 33.6 Å². The lowest BCUT2D eigenvalue weighted by Crippen LogP contribution is -2.43. The number of carbonyl (C=O) groups is 3. The number of aliphatic carboxylic acids is 1. The smallest absolute Gasteiger partial charge is 0.407 e. The average molecular weight is 346 g/mol. The van der Waals surface area contributed by atoms with Gasteiger partial charge in [0.05, 0.1) is 11.7 Å². The Morgan fingerprint density at radius 3 is 2.65 bits per heavy atom. The van der Waals surface area contributed by atoms with Crippen LogP contribution in [0, 0.1) is 5.92 Å². The summed E-state index contributed by atoms with van der Waals surface area (Å²) < 4.78 is 5.10. The molecule has 0 aromatic rings. The van der Waals surface area contributed by atoms with E-state index in [0.717, 1.165) is 6.42 Å². The molecule has 8 heteroatoms. The first-order valence-electron chi connectivity index (χ1n) is 7.74. The highest BCUT2D eigenvalue weighted by Crippen LogP contribution is 2.17. The molecule has 1 aliphatic heterocycles. The third-order valence-corrected chi connectivity index (χ3v) is 4.21. The molecule has 0 radical (unpaired) electrons. The molecule has 0 aromatic carbocycles. The van der Waals surface area contributed by atoms with E-state index in [0.29, 0.717) is 37.6 Å². The Morgan fingerprint density at radius 2 is 2.04 bits per heavy atom. The highest BCUT2D eigenvalue weighted by molar-refractivity contribution is 7.99. The first-order chi connectivity index (χ1) is 10.7. The maximum absolute atomic E-state index is 12.1. The molecule has 132 valence electrons. The number of hydrogen-bond donors (Lipinski definition) is 2. The lowest BCUT2D eigenvalue weighted by Gasteiger charge is -2.30. The van der Waals surface area contributed by atoms with Crippen LogP contribution in [0.15, 0.2) is 0 Å². The summed E-state index contributed by atoms with van der Waals surface area (Å²) in [7, 11) is 0. The van der Waals surface area contributed by atoms with Crippen molar-refractivity contribution in [2.24, 2.45) is 5.92 Å². The normalized spacial score (nSPS) is 18.4. The number of rotatable bonds is 6. The maximum Gasteiger partial charge on any atom is 0.407 e. The summed E-state index contributed by atoms with van der Waals surface area (Å²) in [6.07, 6.45) is 0.893. The summed E-state index contributed by atoms with van der Waals surface area (Å²) in [6, 6.07) is 0. The van der Waals surface area contributed by atoms with Gasteiger partial charge in [0.2, 0.25) is 5.91 Å². The van der Waals surface area contributed by atoms with Crippen molar-refractivity contribution in [1.82, 2.24) is 10.2 Å². The second-order valence-electron chi connectivity index (χ2n) is 6.50. The standard InChI is InChI=1S/C15H26N2O5S/c1-15(2,3)22-14(21)16-6-8-23-10-12(18)17-7-4-5-11(9-17)13(19)20/h11H,4-10H2,1-3H3,(H,16,21)(H,19,20). The summed E-state index contributed by atoms with van der Waals surface area (Å²) in [6.45, 7) is 6.73. The fourth-order valence-corrected chi connectivity index (χ4v) is 2.94. The van der Waals surface area contributed by atoms with Gasteiger partial charge in [-0.25, -0.2) is 4.79 Å². The van der Waals surface area contributed by atoms with Gasteiger partial charge in [0.1, 0.15) is 5.60 Å². The van der Waals surface area contributed by atoms with Crippen LogP contribution < -0.4 is 5.32 Å². The number of hydrogen-bond acceptors (Lipinski definition) is 5. The minimum absolute atomic E-state index is 0.0433. The summed E-state index contributed by atoms with van der Waals surface area (Å²) in [4.78, 5) is 36.1. The lowest BCUT2D eigenvalue weighted by atomic mass is 9.98. The number of amides is 2. The van der Waals surface area contributed by atoms with Gasteiger partial charge in [-0.15, -0.1) is 0 Å². The Labute approximate surface area is 141 Å². The van der Waals surface area contributed by atoms with Gasteiger partial charge < -0.3 is 20.1 Å². The molecule has 1 unspecified atom stereocenters. The van der Waals surface area contributed by atoms with Crippen LogP contribution in [-0.4, -0.2) is 64.7 Å². The number of alkyl carbamates (subject to hydrolysis) is 1. The number of nitrogens with zero attached hydrogens (tertiary/aromatic N) is 1. The molecule has 2 amide bonds. The van der Waals surface area contributed by atoms with Gasteiger partial charge >= 0.3 is 12.1 Å². The second kappa shape index (κ2) is 9.00. The van der Waals surface area contributed by atoms with Crippen LogP contribution in [0.25, 0.3) is 0 Å². The Bertz CT molecular complexity index is 436. The molecule has 1 heterocycles. The first-order valence-corrected chi connectivity index (χ1v) is 8.89. The van der Waals surface area contributed by atoms with Crippen molar-refractivity contribution >= 4 is 29.7 Å². The summed E-state index contributed by atoms with van der Waals surface area (Å²) >= 11 is 1.42. The molecule has 0 spiro atoms. The first kappa shape index (κ1) is 19.6. The topological polar surface area (TPSA) is 95.9 Å². The van der Waals surface area contributed by atoms with Crippen molar-refractivity contribution in [2.75, 3.05) is 31.1 Å². The summed E-state index contributed by atoms with van der Waals surface area (Å²) in [5.41, 5.74) is -0.526. The van der Waals surface area contributed by atoms with Crippen molar-refractivity contribution in [2.45, 2.75) is 39.2 Å². The second-order valence-corrected chi connectivity index (χ2v) is 7.60. The Hall–Kier alpha value is -1.44. The van der Waals surface area contributed by atoms with E-state index in [4.69, 9.17) is 9.84 Å². The van der Waals surface area contributed by atoms with Crippen LogP contribution in [-0.2, 0) is 14.3 Å². The molecular formula is C15H26N2O5S. The van der Waals surface area contributed by atoms with Crippen molar-refractivity contribution in [3.63, 3.8) is 0 Å². The van der Waals surface area contributed by atoms with Gasteiger partial charge in [-0.1, -0.05) is 0 Å².